The molecular weight excluding hydrogens is 463 g/mol. The number of pyridine rings is 1. The molecule has 0 aliphatic carbocycles. The van der Waals surface area contributed by atoms with Crippen LogP contribution in [0.3, 0.4) is 0 Å². The number of benzene rings is 1. The van der Waals surface area contributed by atoms with E-state index in [0.717, 1.165) is 29.5 Å². The van der Waals surface area contributed by atoms with Gasteiger partial charge in [-0.3, -0.25) is 4.99 Å². The molecule has 0 saturated heterocycles. The number of ether oxygens (including phenoxy) is 1. The third kappa shape index (κ3) is 8.23. The maximum absolute atomic E-state index is 5.89. The monoisotopic (exact) mass is 488 g/mol. The number of guanidine groups is 1. The van der Waals surface area contributed by atoms with E-state index in [1.165, 1.54) is 5.56 Å². The number of hydrogen-bond acceptors (Lipinski definition) is 3. The van der Waals surface area contributed by atoms with Gasteiger partial charge in [0.25, 0.3) is 0 Å². The van der Waals surface area contributed by atoms with Crippen LogP contribution in [0.15, 0.2) is 47.6 Å². The second kappa shape index (κ2) is 12.0. The Morgan fingerprint density at radius 1 is 1.12 bits per heavy atom. The first kappa shape index (κ1) is 22.5. The van der Waals surface area contributed by atoms with Gasteiger partial charge in [-0.2, -0.15) is 0 Å². The van der Waals surface area contributed by atoms with Gasteiger partial charge in [0.2, 0.25) is 5.88 Å². The number of aromatic nitrogens is 1. The summed E-state index contributed by atoms with van der Waals surface area (Å²) in [5.74, 6) is 1.40. The van der Waals surface area contributed by atoms with Crippen LogP contribution < -0.4 is 15.4 Å². The Kier molecular flexibility index (Phi) is 10.3. The third-order valence-corrected chi connectivity index (χ3v) is 3.71. The van der Waals surface area contributed by atoms with Gasteiger partial charge in [0.05, 0.1) is 6.10 Å². The molecule has 0 spiro atoms. The molecule has 0 amide bonds. The smallest absolute Gasteiger partial charge is 0.213 e. The zero-order valence-electron chi connectivity index (χ0n) is 15.3. The lowest BCUT2D eigenvalue weighted by molar-refractivity contribution is 0.232. The molecule has 142 valence electrons. The molecule has 0 bridgehead atoms. The van der Waals surface area contributed by atoms with Gasteiger partial charge in [-0.1, -0.05) is 29.8 Å². The van der Waals surface area contributed by atoms with E-state index in [-0.39, 0.29) is 30.1 Å². The van der Waals surface area contributed by atoms with E-state index in [1.54, 1.807) is 7.05 Å². The highest BCUT2D eigenvalue weighted by molar-refractivity contribution is 14.0. The van der Waals surface area contributed by atoms with Crippen molar-refractivity contribution in [1.82, 2.24) is 15.6 Å². The van der Waals surface area contributed by atoms with E-state index in [2.05, 4.69) is 20.6 Å². The Bertz CT molecular complexity index is 675. The molecule has 0 fully saturated rings. The van der Waals surface area contributed by atoms with E-state index >= 15 is 0 Å². The first-order valence-electron chi connectivity index (χ1n) is 8.37. The fraction of sp³-hybridized carbons (Fsp3) is 0.368. The SMILES string of the molecule is CN=C(NCCc1ccc(Cl)cc1)NCc1ccc(OC(C)C)nc1.I. The van der Waals surface area contributed by atoms with Crippen molar-refractivity contribution in [2.75, 3.05) is 13.6 Å². The number of halogens is 2. The van der Waals surface area contributed by atoms with Crippen LogP contribution in [0.1, 0.15) is 25.0 Å². The van der Waals surface area contributed by atoms with Crippen LogP contribution in [0.5, 0.6) is 5.88 Å². The summed E-state index contributed by atoms with van der Waals surface area (Å²) < 4.78 is 5.54. The molecule has 0 radical (unpaired) electrons. The van der Waals surface area contributed by atoms with Gasteiger partial charge in [-0.05, 0) is 43.5 Å². The highest BCUT2D eigenvalue weighted by Crippen LogP contribution is 2.10. The zero-order chi connectivity index (χ0) is 18.1. The summed E-state index contributed by atoms with van der Waals surface area (Å²) in [5, 5.41) is 7.34. The fourth-order valence-corrected chi connectivity index (χ4v) is 2.34. The lowest BCUT2D eigenvalue weighted by atomic mass is 10.1. The quantitative estimate of drug-likeness (QED) is 0.351. The van der Waals surface area contributed by atoms with E-state index in [0.29, 0.717) is 12.4 Å². The van der Waals surface area contributed by atoms with Gasteiger partial charge in [0.15, 0.2) is 5.96 Å². The lowest BCUT2D eigenvalue weighted by Gasteiger charge is -2.12. The molecule has 1 aromatic carbocycles. The minimum Gasteiger partial charge on any atom is -0.475 e. The predicted octanol–water partition coefficient (Wildman–Crippen LogP) is 4.05. The molecule has 1 aromatic heterocycles. The minimum atomic E-state index is 0. The molecule has 2 rings (SSSR count). The number of hydrogen-bond donors (Lipinski definition) is 2. The van der Waals surface area contributed by atoms with Gasteiger partial charge in [-0.15, -0.1) is 24.0 Å². The third-order valence-electron chi connectivity index (χ3n) is 3.46. The zero-order valence-corrected chi connectivity index (χ0v) is 18.4. The first-order chi connectivity index (χ1) is 12.1. The van der Waals surface area contributed by atoms with Crippen LogP contribution in [0.2, 0.25) is 5.02 Å². The summed E-state index contributed by atoms with van der Waals surface area (Å²) in [6.07, 6.45) is 2.84. The van der Waals surface area contributed by atoms with Crippen molar-refractivity contribution in [3.63, 3.8) is 0 Å². The molecule has 0 saturated carbocycles. The largest absolute Gasteiger partial charge is 0.475 e. The van der Waals surface area contributed by atoms with Gasteiger partial charge in [0.1, 0.15) is 0 Å². The van der Waals surface area contributed by atoms with Crippen molar-refractivity contribution < 1.29 is 4.74 Å². The fourth-order valence-electron chi connectivity index (χ4n) is 2.21. The van der Waals surface area contributed by atoms with E-state index in [9.17, 15) is 0 Å². The number of rotatable bonds is 7. The molecule has 5 nitrogen and oxygen atoms in total. The summed E-state index contributed by atoms with van der Waals surface area (Å²) in [7, 11) is 1.76. The maximum atomic E-state index is 5.89. The summed E-state index contributed by atoms with van der Waals surface area (Å²) in [5.41, 5.74) is 2.30. The average molecular weight is 489 g/mol. The average Bonchev–Trinajstić information content (AvgIpc) is 2.60. The predicted molar refractivity (Wildman–Crippen MR) is 119 cm³/mol. The Balaban J connectivity index is 0.00000338. The van der Waals surface area contributed by atoms with Gasteiger partial charge in [-0.25, -0.2) is 4.98 Å². The van der Waals surface area contributed by atoms with Gasteiger partial charge in [0, 0.05) is 37.4 Å². The van der Waals surface area contributed by atoms with Gasteiger partial charge >= 0.3 is 0 Å². The first-order valence-corrected chi connectivity index (χ1v) is 8.75. The van der Waals surface area contributed by atoms with Crippen LogP contribution in [0, 0.1) is 0 Å². The second-order valence-corrected chi connectivity index (χ2v) is 6.34. The van der Waals surface area contributed by atoms with Crippen LogP contribution in [0.4, 0.5) is 0 Å². The molecule has 0 aliphatic heterocycles. The van der Waals surface area contributed by atoms with Crippen LogP contribution in [-0.4, -0.2) is 30.6 Å². The molecular formula is C19H26ClIN4O. The number of nitrogens with one attached hydrogen (secondary N) is 2. The molecule has 2 N–H and O–H groups in total. The van der Waals surface area contributed by atoms with E-state index < -0.39 is 0 Å². The highest BCUT2D eigenvalue weighted by Gasteiger charge is 2.02. The van der Waals surface area contributed by atoms with Crippen molar-refractivity contribution in [2.24, 2.45) is 4.99 Å². The molecule has 0 aliphatic rings. The number of aliphatic imine (C=N–C) groups is 1. The Morgan fingerprint density at radius 2 is 1.81 bits per heavy atom. The van der Waals surface area contributed by atoms with Crippen molar-refractivity contribution in [3.8, 4) is 5.88 Å². The number of nitrogens with zero attached hydrogens (tertiary/aromatic N) is 2. The molecule has 26 heavy (non-hydrogen) atoms. The van der Waals surface area contributed by atoms with Gasteiger partial charge < -0.3 is 15.4 Å². The van der Waals surface area contributed by atoms with Crippen LogP contribution in [-0.2, 0) is 13.0 Å². The lowest BCUT2D eigenvalue weighted by Crippen LogP contribution is -2.37. The summed E-state index contributed by atoms with van der Waals surface area (Å²) in [4.78, 5) is 8.53. The molecule has 0 atom stereocenters. The standard InChI is InChI=1S/C19H25ClN4O.HI/c1-14(2)25-18-9-6-16(12-23-18)13-24-19(21-3)22-11-10-15-4-7-17(20)8-5-15;/h4-9,12,14H,10-11,13H2,1-3H3,(H2,21,22,24);1H. The maximum Gasteiger partial charge on any atom is 0.213 e. The van der Waals surface area contributed by atoms with Crippen molar-refractivity contribution >= 4 is 41.5 Å². The van der Waals surface area contributed by atoms with Crippen molar-refractivity contribution in [3.05, 3.63) is 58.7 Å². The Labute approximate surface area is 177 Å². The van der Waals surface area contributed by atoms with E-state index in [4.69, 9.17) is 16.3 Å². The van der Waals surface area contributed by atoms with Crippen LogP contribution in [0.25, 0.3) is 0 Å². The van der Waals surface area contributed by atoms with Crippen LogP contribution >= 0.6 is 35.6 Å². The second-order valence-electron chi connectivity index (χ2n) is 5.90. The normalized spacial score (nSPS) is 11.0. The Hall–Kier alpha value is -1.54. The summed E-state index contributed by atoms with van der Waals surface area (Å²) in [6, 6.07) is 11.8. The molecule has 2 aromatic rings. The molecule has 7 heteroatoms. The minimum absolute atomic E-state index is 0. The summed E-state index contributed by atoms with van der Waals surface area (Å²) >= 11 is 5.89. The topological polar surface area (TPSA) is 58.5 Å². The molecule has 0 unspecified atom stereocenters. The summed E-state index contributed by atoms with van der Waals surface area (Å²) in [6.45, 7) is 5.41. The highest BCUT2D eigenvalue weighted by atomic mass is 127. The van der Waals surface area contributed by atoms with Crippen molar-refractivity contribution in [2.45, 2.75) is 32.9 Å². The Morgan fingerprint density at radius 3 is 2.38 bits per heavy atom. The van der Waals surface area contributed by atoms with E-state index in [1.807, 2.05) is 56.4 Å². The van der Waals surface area contributed by atoms with Crippen molar-refractivity contribution in [1.29, 1.82) is 0 Å². The molecule has 1 heterocycles.